The van der Waals surface area contributed by atoms with Gasteiger partial charge in [-0.05, 0) is 35.9 Å². The highest BCUT2D eigenvalue weighted by Crippen LogP contribution is 2.21. The number of hydrogen-bond acceptors (Lipinski definition) is 2. The number of aromatic nitrogens is 1. The highest BCUT2D eigenvalue weighted by atomic mass is 16.2. The summed E-state index contributed by atoms with van der Waals surface area (Å²) in [7, 11) is 3.58. The van der Waals surface area contributed by atoms with Crippen LogP contribution in [0.15, 0.2) is 30.5 Å². The molecule has 4 heteroatoms. The van der Waals surface area contributed by atoms with Crippen molar-refractivity contribution in [2.24, 2.45) is 0 Å². The molecule has 3 rings (SSSR count). The molecule has 0 bridgehead atoms. The predicted molar refractivity (Wildman–Crippen MR) is 80.5 cm³/mol. The third-order valence-corrected chi connectivity index (χ3v) is 3.81. The minimum atomic E-state index is 0.115. The predicted octanol–water partition coefficient (Wildman–Crippen LogP) is 1.98. The molecule has 1 saturated carbocycles. The van der Waals surface area contributed by atoms with Gasteiger partial charge in [0.2, 0.25) is 5.91 Å². The van der Waals surface area contributed by atoms with Crippen LogP contribution in [0.2, 0.25) is 0 Å². The van der Waals surface area contributed by atoms with Gasteiger partial charge in [0.15, 0.2) is 0 Å². The number of likely N-dealkylation sites (N-methyl/N-ethyl adjacent to an activating group) is 1. The molecule has 0 unspecified atom stereocenters. The number of rotatable bonds is 5. The normalized spacial score (nSPS) is 14.7. The van der Waals surface area contributed by atoms with Crippen LogP contribution in [0.3, 0.4) is 0 Å². The molecular weight excluding hydrogens is 250 g/mol. The quantitative estimate of drug-likeness (QED) is 0.903. The number of fused-ring (bicyclic) bond motifs is 1. The summed E-state index contributed by atoms with van der Waals surface area (Å²) in [6.07, 6.45) is 4.59. The molecule has 106 valence electrons. The van der Waals surface area contributed by atoms with Crippen molar-refractivity contribution in [3.05, 3.63) is 36.0 Å². The zero-order valence-corrected chi connectivity index (χ0v) is 12.1. The van der Waals surface area contributed by atoms with Gasteiger partial charge in [-0.1, -0.05) is 12.1 Å². The van der Waals surface area contributed by atoms with E-state index in [1.165, 1.54) is 23.8 Å². The lowest BCUT2D eigenvalue weighted by molar-refractivity contribution is -0.129. The molecule has 1 heterocycles. The van der Waals surface area contributed by atoms with E-state index in [9.17, 15) is 4.79 Å². The third kappa shape index (κ3) is 2.85. The molecule has 0 atom stereocenters. The van der Waals surface area contributed by atoms with Gasteiger partial charge >= 0.3 is 0 Å². The minimum Gasteiger partial charge on any atom is -0.347 e. The van der Waals surface area contributed by atoms with Crippen molar-refractivity contribution in [3.8, 4) is 0 Å². The molecule has 0 aliphatic heterocycles. The van der Waals surface area contributed by atoms with Crippen molar-refractivity contribution in [1.29, 1.82) is 0 Å². The number of hydrogen-bond donors (Lipinski definition) is 1. The van der Waals surface area contributed by atoms with Gasteiger partial charge < -0.3 is 14.8 Å². The van der Waals surface area contributed by atoms with Crippen LogP contribution < -0.4 is 5.32 Å². The first-order chi connectivity index (χ1) is 9.63. The van der Waals surface area contributed by atoms with E-state index in [2.05, 4.69) is 29.6 Å². The Balaban J connectivity index is 1.80. The van der Waals surface area contributed by atoms with Crippen LogP contribution in [0.4, 0.5) is 0 Å². The standard InChI is InChI=1S/C16H21N3O/c1-18(2)16(20)11-19-8-7-13-4-3-12(9-15(13)19)10-17-14-5-6-14/h3-4,7-9,14,17H,5-6,10-11H2,1-2H3. The summed E-state index contributed by atoms with van der Waals surface area (Å²) in [5.74, 6) is 0.115. The first-order valence-corrected chi connectivity index (χ1v) is 7.15. The van der Waals surface area contributed by atoms with E-state index in [-0.39, 0.29) is 5.91 Å². The van der Waals surface area contributed by atoms with Crippen LogP contribution in [0, 0.1) is 0 Å². The van der Waals surface area contributed by atoms with Gasteiger partial charge in [-0.25, -0.2) is 0 Å². The number of nitrogens with one attached hydrogen (secondary N) is 1. The van der Waals surface area contributed by atoms with Crippen LogP contribution in [0.5, 0.6) is 0 Å². The largest absolute Gasteiger partial charge is 0.347 e. The first-order valence-electron chi connectivity index (χ1n) is 7.15. The van der Waals surface area contributed by atoms with E-state index in [0.29, 0.717) is 12.6 Å². The van der Waals surface area contributed by atoms with Gasteiger partial charge in [-0.15, -0.1) is 0 Å². The number of carbonyl (C=O) groups is 1. The summed E-state index contributed by atoms with van der Waals surface area (Å²) in [6.45, 7) is 1.31. The van der Waals surface area contributed by atoms with Crippen molar-refractivity contribution in [1.82, 2.24) is 14.8 Å². The Morgan fingerprint density at radius 1 is 1.35 bits per heavy atom. The average Bonchev–Trinajstić information content (AvgIpc) is 3.18. The Hall–Kier alpha value is -1.81. The maximum absolute atomic E-state index is 11.9. The molecule has 1 aromatic carbocycles. The summed E-state index contributed by atoms with van der Waals surface area (Å²) in [4.78, 5) is 13.5. The molecule has 1 N–H and O–H groups in total. The smallest absolute Gasteiger partial charge is 0.241 e. The Bertz CT molecular complexity index is 626. The average molecular weight is 271 g/mol. The van der Waals surface area contributed by atoms with E-state index in [1.54, 1.807) is 19.0 Å². The lowest BCUT2D eigenvalue weighted by atomic mass is 10.1. The number of amides is 1. The molecule has 1 fully saturated rings. The van der Waals surface area contributed by atoms with Crippen LogP contribution in [0.1, 0.15) is 18.4 Å². The highest BCUT2D eigenvalue weighted by Gasteiger charge is 2.20. The zero-order valence-electron chi connectivity index (χ0n) is 12.1. The molecule has 2 aromatic rings. The van der Waals surface area contributed by atoms with E-state index in [0.717, 1.165) is 12.1 Å². The maximum atomic E-state index is 11.9. The fourth-order valence-electron chi connectivity index (χ4n) is 2.31. The van der Waals surface area contributed by atoms with Crippen LogP contribution >= 0.6 is 0 Å². The van der Waals surface area contributed by atoms with Crippen LogP contribution in [0.25, 0.3) is 10.9 Å². The molecule has 0 spiro atoms. The number of nitrogens with zero attached hydrogens (tertiary/aromatic N) is 2. The van der Waals surface area contributed by atoms with E-state index in [1.807, 2.05) is 10.8 Å². The fraction of sp³-hybridized carbons (Fsp3) is 0.438. The minimum absolute atomic E-state index is 0.115. The van der Waals surface area contributed by atoms with Gasteiger partial charge in [0.25, 0.3) is 0 Å². The molecule has 0 saturated heterocycles. The second-order valence-electron chi connectivity index (χ2n) is 5.78. The maximum Gasteiger partial charge on any atom is 0.241 e. The first kappa shape index (κ1) is 13.2. The molecule has 1 aromatic heterocycles. The molecule has 1 amide bonds. The van der Waals surface area contributed by atoms with Crippen molar-refractivity contribution in [2.75, 3.05) is 14.1 Å². The van der Waals surface area contributed by atoms with E-state index >= 15 is 0 Å². The van der Waals surface area contributed by atoms with Gasteiger partial charge in [0, 0.05) is 38.4 Å². The van der Waals surface area contributed by atoms with Gasteiger partial charge in [-0.2, -0.15) is 0 Å². The van der Waals surface area contributed by atoms with Gasteiger partial charge in [0.1, 0.15) is 6.54 Å². The molecule has 4 nitrogen and oxygen atoms in total. The SMILES string of the molecule is CN(C)C(=O)Cn1ccc2ccc(CNC3CC3)cc21. The Kier molecular flexibility index (Phi) is 3.49. The van der Waals surface area contributed by atoms with E-state index < -0.39 is 0 Å². The lowest BCUT2D eigenvalue weighted by Crippen LogP contribution is -2.25. The molecule has 1 aliphatic carbocycles. The van der Waals surface area contributed by atoms with Gasteiger partial charge in [0.05, 0.1) is 0 Å². The second kappa shape index (κ2) is 5.29. The highest BCUT2D eigenvalue weighted by molar-refractivity contribution is 5.83. The molecule has 1 aliphatic rings. The van der Waals surface area contributed by atoms with Crippen molar-refractivity contribution < 1.29 is 4.79 Å². The lowest BCUT2D eigenvalue weighted by Gasteiger charge is -2.12. The van der Waals surface area contributed by atoms with Crippen molar-refractivity contribution in [3.63, 3.8) is 0 Å². The summed E-state index contributed by atoms with van der Waals surface area (Å²) < 4.78 is 2.03. The Labute approximate surface area is 119 Å². The zero-order chi connectivity index (χ0) is 14.1. The number of carbonyl (C=O) groups excluding carboxylic acids is 1. The third-order valence-electron chi connectivity index (χ3n) is 3.81. The van der Waals surface area contributed by atoms with Gasteiger partial charge in [-0.3, -0.25) is 4.79 Å². The summed E-state index contributed by atoms with van der Waals surface area (Å²) in [5.41, 5.74) is 2.41. The van der Waals surface area contributed by atoms with Crippen molar-refractivity contribution in [2.45, 2.75) is 32.0 Å². The monoisotopic (exact) mass is 271 g/mol. The second-order valence-corrected chi connectivity index (χ2v) is 5.78. The van der Waals surface area contributed by atoms with E-state index in [4.69, 9.17) is 0 Å². The fourth-order valence-corrected chi connectivity index (χ4v) is 2.31. The summed E-state index contributed by atoms with van der Waals surface area (Å²) in [5, 5.41) is 4.71. The van der Waals surface area contributed by atoms with Crippen molar-refractivity contribution >= 4 is 16.8 Å². The Morgan fingerprint density at radius 3 is 2.85 bits per heavy atom. The topological polar surface area (TPSA) is 37.3 Å². The number of benzene rings is 1. The van der Waals surface area contributed by atoms with Crippen LogP contribution in [-0.2, 0) is 17.9 Å². The Morgan fingerprint density at radius 2 is 2.15 bits per heavy atom. The molecule has 0 radical (unpaired) electrons. The van der Waals surface area contributed by atoms with Crippen LogP contribution in [-0.4, -0.2) is 35.5 Å². The molecular formula is C16H21N3O. The summed E-state index contributed by atoms with van der Waals surface area (Å²) in [6, 6.07) is 9.27. The molecule has 20 heavy (non-hydrogen) atoms. The summed E-state index contributed by atoms with van der Waals surface area (Å²) >= 11 is 0.